The van der Waals surface area contributed by atoms with E-state index in [1.165, 1.54) is 61.4 Å². The van der Waals surface area contributed by atoms with E-state index in [2.05, 4.69) is 26.6 Å². The van der Waals surface area contributed by atoms with Crippen LogP contribution in [0, 0.1) is 0 Å². The van der Waals surface area contributed by atoms with Crippen LogP contribution in [0.1, 0.15) is 62.1 Å². The van der Waals surface area contributed by atoms with Crippen molar-refractivity contribution >= 4 is 41.4 Å². The van der Waals surface area contributed by atoms with E-state index in [1.54, 1.807) is 0 Å². The van der Waals surface area contributed by atoms with Gasteiger partial charge in [0.05, 0.1) is 13.2 Å². The molecule has 3 aromatic rings. The van der Waals surface area contributed by atoms with Crippen molar-refractivity contribution < 1.29 is 68.9 Å². The van der Waals surface area contributed by atoms with Gasteiger partial charge in [0.25, 0.3) is 0 Å². The lowest BCUT2D eigenvalue weighted by Crippen LogP contribution is -2.60. The number of amides is 7. The van der Waals surface area contributed by atoms with Crippen molar-refractivity contribution in [2.45, 2.75) is 94.9 Å². The molecule has 378 valence electrons. The predicted octanol–water partition coefficient (Wildman–Crippen LogP) is -1.39. The fourth-order valence-corrected chi connectivity index (χ4v) is 7.01. The highest BCUT2D eigenvalue weighted by atomic mass is 16.5. The molecule has 3 rings (SSSR count). The lowest BCUT2D eigenvalue weighted by atomic mass is 10.0. The average molecular weight is 968 g/mol. The van der Waals surface area contributed by atoms with Gasteiger partial charge in [-0.1, -0.05) is 18.2 Å². The van der Waals surface area contributed by atoms with Crippen LogP contribution in [0.25, 0.3) is 0 Å². The van der Waals surface area contributed by atoms with Crippen LogP contribution in [0.3, 0.4) is 0 Å². The Morgan fingerprint density at radius 3 is 1.26 bits per heavy atom. The first-order chi connectivity index (χ1) is 32.8. The third-order valence-corrected chi connectivity index (χ3v) is 10.9. The lowest BCUT2D eigenvalue weighted by molar-refractivity contribution is -0.137. The summed E-state index contributed by atoms with van der Waals surface area (Å²) in [5, 5.41) is 73.1. The molecule has 0 saturated heterocycles. The Bertz CT molecular complexity index is 2250. The van der Waals surface area contributed by atoms with Crippen LogP contribution in [0.5, 0.6) is 34.5 Å². The van der Waals surface area contributed by atoms with Crippen LogP contribution in [0.2, 0.25) is 0 Å². The number of benzene rings is 3. The van der Waals surface area contributed by atoms with Crippen molar-refractivity contribution in [3.8, 4) is 34.5 Å². The standard InChI is InChI=1S/C46H65N9O14/c1-26(56)55(17-18-69-2)25-41(63)50-33(20-28-10-13-36(58)39(61)23-28)45(67)51-31(8-4-6-16-48)44(66)54-34(21-29-11-14-37(59)40(62)24-29)46(68)52-30(7-3-5-15-47)43(65)53-32(42(49)64)19-27-9-12-35(57)38(60)22-27/h9-14,22-24,30-34,57-62H,3-8,15-21,25,47-48H2,1-2H3,(H2,49,64)(H,50,63)(H,51,67)(H,52,68)(H,53,65)(H,54,66). The van der Waals surface area contributed by atoms with Crippen LogP contribution in [0.4, 0.5) is 0 Å². The van der Waals surface area contributed by atoms with Gasteiger partial charge in [0.1, 0.15) is 30.2 Å². The zero-order chi connectivity index (χ0) is 51.2. The number of primary amides is 1. The highest BCUT2D eigenvalue weighted by Crippen LogP contribution is 2.28. The van der Waals surface area contributed by atoms with Crippen molar-refractivity contribution in [1.82, 2.24) is 31.5 Å². The van der Waals surface area contributed by atoms with Gasteiger partial charge in [-0.2, -0.15) is 0 Å². The summed E-state index contributed by atoms with van der Waals surface area (Å²) >= 11 is 0. The number of unbranched alkanes of at least 4 members (excludes halogenated alkanes) is 2. The third-order valence-electron chi connectivity index (χ3n) is 10.9. The fourth-order valence-electron chi connectivity index (χ4n) is 7.01. The molecule has 23 heteroatoms. The number of nitrogens with two attached hydrogens (primary N) is 3. The first kappa shape index (κ1) is 56.0. The molecule has 3 aromatic carbocycles. The third kappa shape index (κ3) is 18.7. The first-order valence-electron chi connectivity index (χ1n) is 22.2. The second-order valence-electron chi connectivity index (χ2n) is 16.4. The molecule has 17 N–H and O–H groups in total. The minimum atomic E-state index is -1.53. The normalized spacial score (nSPS) is 13.2. The second kappa shape index (κ2) is 28.1. The zero-order valence-corrected chi connectivity index (χ0v) is 38.6. The summed E-state index contributed by atoms with van der Waals surface area (Å²) in [4.78, 5) is 96.2. The molecular weight excluding hydrogens is 903 g/mol. The number of carbonyl (C=O) groups excluding carboxylic acids is 7. The maximum Gasteiger partial charge on any atom is 0.243 e. The van der Waals surface area contributed by atoms with E-state index >= 15 is 0 Å². The smallest absolute Gasteiger partial charge is 0.243 e. The predicted molar refractivity (Wildman–Crippen MR) is 249 cm³/mol. The number of nitrogens with one attached hydrogen (secondary N) is 5. The molecule has 5 atom stereocenters. The Balaban J connectivity index is 1.98. The average Bonchev–Trinajstić information content (AvgIpc) is 3.29. The van der Waals surface area contributed by atoms with Gasteiger partial charge in [-0.15, -0.1) is 0 Å². The minimum Gasteiger partial charge on any atom is -0.504 e. The van der Waals surface area contributed by atoms with Crippen molar-refractivity contribution in [3.63, 3.8) is 0 Å². The highest BCUT2D eigenvalue weighted by Gasteiger charge is 2.33. The number of hydrogen-bond acceptors (Lipinski definition) is 16. The molecule has 0 aliphatic heterocycles. The van der Waals surface area contributed by atoms with Crippen molar-refractivity contribution in [1.29, 1.82) is 0 Å². The van der Waals surface area contributed by atoms with E-state index in [0.717, 1.165) is 12.1 Å². The Morgan fingerprint density at radius 1 is 0.536 bits per heavy atom. The monoisotopic (exact) mass is 967 g/mol. The van der Waals surface area contributed by atoms with Gasteiger partial charge in [0.2, 0.25) is 41.4 Å². The molecule has 0 heterocycles. The number of carbonyl (C=O) groups is 7. The zero-order valence-electron chi connectivity index (χ0n) is 38.6. The van der Waals surface area contributed by atoms with Gasteiger partial charge in [-0.25, -0.2) is 0 Å². The number of phenols is 6. The largest absolute Gasteiger partial charge is 0.504 e. The number of aromatic hydroxyl groups is 6. The van der Waals surface area contributed by atoms with Gasteiger partial charge in [-0.05, 0) is 105 Å². The van der Waals surface area contributed by atoms with E-state index < -0.39 is 113 Å². The van der Waals surface area contributed by atoms with Gasteiger partial charge in [-0.3, -0.25) is 33.6 Å². The highest BCUT2D eigenvalue weighted by molar-refractivity contribution is 5.97. The molecule has 0 bridgehead atoms. The molecule has 0 fully saturated rings. The molecule has 23 nitrogen and oxygen atoms in total. The maximum atomic E-state index is 14.4. The van der Waals surface area contributed by atoms with E-state index in [0.29, 0.717) is 36.8 Å². The number of ether oxygens (including phenoxy) is 1. The number of rotatable bonds is 29. The summed E-state index contributed by atoms with van der Waals surface area (Å²) in [6, 6.07) is 4.18. The second-order valence-corrected chi connectivity index (χ2v) is 16.4. The Hall–Kier alpha value is -7.37. The summed E-state index contributed by atoms with van der Waals surface area (Å²) in [5.74, 6) is -8.55. The minimum absolute atomic E-state index is 0.00115. The molecular formula is C46H65N9O14. The SMILES string of the molecule is COCCN(CC(=O)NC(Cc1ccc(O)c(O)c1)C(=O)NC(CCCCN)C(=O)NC(Cc1ccc(O)c(O)c1)C(=O)NC(CCCCN)C(=O)NC(Cc1ccc(O)c(O)c1)C(N)=O)C(C)=O. The maximum absolute atomic E-state index is 14.4. The van der Waals surface area contributed by atoms with Crippen LogP contribution in [0.15, 0.2) is 54.6 Å². The van der Waals surface area contributed by atoms with Crippen LogP contribution in [-0.4, -0.2) is 147 Å². The van der Waals surface area contributed by atoms with E-state index in [9.17, 15) is 64.2 Å². The first-order valence-corrected chi connectivity index (χ1v) is 22.2. The fraction of sp³-hybridized carbons (Fsp3) is 0.457. The summed E-state index contributed by atoms with van der Waals surface area (Å²) in [6.45, 7) is 1.42. The molecule has 0 aliphatic carbocycles. The number of phenolic OH excluding ortho intramolecular Hbond substituents is 6. The van der Waals surface area contributed by atoms with E-state index in [1.807, 2.05) is 0 Å². The summed E-state index contributed by atoms with van der Waals surface area (Å²) in [7, 11) is 1.42. The number of methoxy groups -OCH3 is 1. The van der Waals surface area contributed by atoms with Crippen LogP contribution in [-0.2, 0) is 57.6 Å². The molecule has 0 radical (unpaired) electrons. The van der Waals surface area contributed by atoms with Crippen molar-refractivity contribution in [3.05, 3.63) is 71.3 Å². The van der Waals surface area contributed by atoms with E-state index in [4.69, 9.17) is 21.9 Å². The molecule has 0 aliphatic rings. The van der Waals surface area contributed by atoms with Gasteiger partial charge in [0.15, 0.2) is 34.5 Å². The molecule has 0 spiro atoms. The number of hydrogen-bond donors (Lipinski definition) is 14. The van der Waals surface area contributed by atoms with Gasteiger partial charge < -0.3 is 84.1 Å². The van der Waals surface area contributed by atoms with Crippen LogP contribution >= 0.6 is 0 Å². The summed E-state index contributed by atoms with van der Waals surface area (Å²) in [5.41, 5.74) is 18.0. The molecule has 7 amide bonds. The number of nitrogens with zero attached hydrogens (tertiary/aromatic N) is 1. The summed E-state index contributed by atoms with van der Waals surface area (Å²) in [6.07, 6.45) is 0.621. The molecule has 69 heavy (non-hydrogen) atoms. The quantitative estimate of drug-likeness (QED) is 0.0281. The van der Waals surface area contributed by atoms with Crippen molar-refractivity contribution in [2.24, 2.45) is 17.2 Å². The lowest BCUT2D eigenvalue weighted by Gasteiger charge is -2.28. The summed E-state index contributed by atoms with van der Waals surface area (Å²) < 4.78 is 5.03. The van der Waals surface area contributed by atoms with Crippen LogP contribution < -0.4 is 43.8 Å². The molecule has 5 unspecified atom stereocenters. The Labute approximate surface area is 398 Å². The van der Waals surface area contributed by atoms with Gasteiger partial charge >= 0.3 is 0 Å². The topological polar surface area (TPSA) is 392 Å². The van der Waals surface area contributed by atoms with E-state index in [-0.39, 0.29) is 63.9 Å². The van der Waals surface area contributed by atoms with Crippen molar-refractivity contribution in [2.75, 3.05) is 39.9 Å². The Morgan fingerprint density at radius 2 is 0.899 bits per heavy atom. The Kier molecular flexibility index (Phi) is 22.8. The molecule has 0 saturated carbocycles. The van der Waals surface area contributed by atoms with Gasteiger partial charge in [0, 0.05) is 39.8 Å². The molecule has 0 aromatic heterocycles.